The number of piperazine rings is 1. The minimum Gasteiger partial charge on any atom is -0.508 e. The van der Waals surface area contributed by atoms with Crippen LogP contribution >= 0.6 is 12.2 Å². The van der Waals surface area contributed by atoms with Crippen LogP contribution in [0.3, 0.4) is 0 Å². The van der Waals surface area contributed by atoms with Crippen LogP contribution in [0.5, 0.6) is 5.75 Å². The summed E-state index contributed by atoms with van der Waals surface area (Å²) < 4.78 is 5.38. The second kappa shape index (κ2) is 8.50. The lowest BCUT2D eigenvalue weighted by Gasteiger charge is -2.37. The van der Waals surface area contributed by atoms with Crippen LogP contribution in [0.4, 0.5) is 5.69 Å². The van der Waals surface area contributed by atoms with E-state index in [0.29, 0.717) is 5.75 Å². The van der Waals surface area contributed by atoms with Gasteiger partial charge < -0.3 is 29.9 Å². The SMILES string of the molecule is Oc1ccc(N2CCN(C(=S)NCC[NH+]3CCOCC3)CC2)cc1. The highest BCUT2D eigenvalue weighted by Gasteiger charge is 2.19. The van der Waals surface area contributed by atoms with E-state index in [1.807, 2.05) is 12.1 Å². The molecule has 1 aromatic carbocycles. The van der Waals surface area contributed by atoms with Crippen LogP contribution in [0.25, 0.3) is 0 Å². The molecule has 2 heterocycles. The van der Waals surface area contributed by atoms with Crippen molar-refractivity contribution in [1.82, 2.24) is 10.2 Å². The van der Waals surface area contributed by atoms with Gasteiger partial charge in [0.15, 0.2) is 5.11 Å². The Bertz CT molecular complexity index is 526. The predicted molar refractivity (Wildman–Crippen MR) is 98.9 cm³/mol. The van der Waals surface area contributed by atoms with Crippen LogP contribution in [-0.2, 0) is 4.74 Å². The van der Waals surface area contributed by atoms with Crippen molar-refractivity contribution in [3.05, 3.63) is 24.3 Å². The van der Waals surface area contributed by atoms with Crippen molar-refractivity contribution in [1.29, 1.82) is 0 Å². The van der Waals surface area contributed by atoms with Crippen LogP contribution < -0.4 is 15.1 Å². The third kappa shape index (κ3) is 4.72. The van der Waals surface area contributed by atoms with Gasteiger partial charge in [-0.1, -0.05) is 0 Å². The highest BCUT2D eigenvalue weighted by molar-refractivity contribution is 7.80. The normalized spacial score (nSPS) is 19.3. The van der Waals surface area contributed by atoms with Gasteiger partial charge >= 0.3 is 0 Å². The first-order valence-corrected chi connectivity index (χ1v) is 9.11. The molecule has 24 heavy (non-hydrogen) atoms. The molecule has 0 aliphatic carbocycles. The molecule has 2 fully saturated rings. The summed E-state index contributed by atoms with van der Waals surface area (Å²) in [5.41, 5.74) is 1.15. The summed E-state index contributed by atoms with van der Waals surface area (Å²) in [6.45, 7) is 9.71. The number of nitrogens with one attached hydrogen (secondary N) is 2. The minimum atomic E-state index is 0.310. The molecule has 132 valence electrons. The van der Waals surface area contributed by atoms with E-state index < -0.39 is 0 Å². The van der Waals surface area contributed by atoms with Gasteiger partial charge in [-0.25, -0.2) is 0 Å². The smallest absolute Gasteiger partial charge is 0.169 e. The summed E-state index contributed by atoms with van der Waals surface area (Å²) in [5, 5.41) is 13.7. The van der Waals surface area contributed by atoms with Crippen molar-refractivity contribution >= 4 is 23.0 Å². The van der Waals surface area contributed by atoms with Crippen molar-refractivity contribution in [2.24, 2.45) is 0 Å². The minimum absolute atomic E-state index is 0.310. The molecule has 0 bridgehead atoms. The Balaban J connectivity index is 1.37. The topological polar surface area (TPSA) is 52.4 Å². The van der Waals surface area contributed by atoms with Crippen molar-refractivity contribution in [3.63, 3.8) is 0 Å². The number of rotatable bonds is 4. The molecule has 0 aromatic heterocycles. The number of thiocarbonyl (C=S) groups is 1. The molecule has 7 heteroatoms. The largest absolute Gasteiger partial charge is 0.508 e. The third-order valence-electron chi connectivity index (χ3n) is 4.74. The molecule has 0 spiro atoms. The number of anilines is 1. The Hall–Kier alpha value is -1.57. The van der Waals surface area contributed by atoms with E-state index in [4.69, 9.17) is 17.0 Å². The molecule has 6 nitrogen and oxygen atoms in total. The third-order valence-corrected chi connectivity index (χ3v) is 5.14. The van der Waals surface area contributed by atoms with E-state index >= 15 is 0 Å². The number of hydrogen-bond acceptors (Lipinski definition) is 4. The lowest BCUT2D eigenvalue weighted by Crippen LogP contribution is -3.14. The molecule has 0 atom stereocenters. The molecule has 0 radical (unpaired) electrons. The first kappa shape index (κ1) is 17.3. The fourth-order valence-electron chi connectivity index (χ4n) is 3.20. The van der Waals surface area contributed by atoms with Gasteiger partial charge in [0.2, 0.25) is 0 Å². The number of quaternary nitrogens is 1. The maximum Gasteiger partial charge on any atom is 0.169 e. The van der Waals surface area contributed by atoms with Crippen LogP contribution in [0, 0.1) is 0 Å². The van der Waals surface area contributed by atoms with Crippen molar-refractivity contribution < 1.29 is 14.7 Å². The molecule has 2 aliphatic heterocycles. The lowest BCUT2D eigenvalue weighted by molar-refractivity contribution is -0.906. The number of hydrogen-bond donors (Lipinski definition) is 3. The van der Waals surface area contributed by atoms with E-state index in [1.54, 1.807) is 17.0 Å². The standard InChI is InChI=1S/C17H26N4O2S/c22-16-3-1-15(2-4-16)20-7-9-21(10-8-20)17(24)18-5-6-19-11-13-23-14-12-19/h1-4,22H,5-14H2,(H,18,24)/p+1. The maximum absolute atomic E-state index is 9.39. The van der Waals surface area contributed by atoms with Gasteiger partial charge in [-0.15, -0.1) is 0 Å². The van der Waals surface area contributed by atoms with E-state index in [-0.39, 0.29) is 0 Å². The zero-order chi connectivity index (χ0) is 16.8. The van der Waals surface area contributed by atoms with Crippen molar-refractivity contribution in [3.8, 4) is 5.75 Å². The van der Waals surface area contributed by atoms with E-state index in [1.165, 1.54) is 0 Å². The van der Waals surface area contributed by atoms with Crippen molar-refractivity contribution in [2.75, 3.05) is 70.5 Å². The summed E-state index contributed by atoms with van der Waals surface area (Å²) in [7, 11) is 0. The Morgan fingerprint density at radius 1 is 1.12 bits per heavy atom. The van der Waals surface area contributed by atoms with Crippen LogP contribution in [-0.4, -0.2) is 80.7 Å². The number of morpholine rings is 1. The first-order valence-electron chi connectivity index (χ1n) is 8.70. The summed E-state index contributed by atoms with van der Waals surface area (Å²) in [4.78, 5) is 6.17. The Labute approximate surface area is 149 Å². The number of nitrogens with zero attached hydrogens (tertiary/aromatic N) is 2. The molecule has 0 amide bonds. The zero-order valence-electron chi connectivity index (χ0n) is 14.0. The van der Waals surface area contributed by atoms with Crippen LogP contribution in [0.2, 0.25) is 0 Å². The molecule has 3 rings (SSSR count). The number of ether oxygens (including phenoxy) is 1. The zero-order valence-corrected chi connectivity index (χ0v) is 14.9. The van der Waals surface area contributed by atoms with E-state index in [0.717, 1.165) is 76.4 Å². The second-order valence-corrected chi connectivity index (χ2v) is 6.72. The Kier molecular flexibility index (Phi) is 6.12. The molecule has 1 aromatic rings. The number of phenols is 1. The Morgan fingerprint density at radius 2 is 1.79 bits per heavy atom. The van der Waals surface area contributed by atoms with Gasteiger partial charge in [0.25, 0.3) is 0 Å². The van der Waals surface area contributed by atoms with E-state index in [9.17, 15) is 5.11 Å². The fourth-order valence-corrected chi connectivity index (χ4v) is 3.48. The summed E-state index contributed by atoms with van der Waals surface area (Å²) >= 11 is 5.54. The van der Waals surface area contributed by atoms with Gasteiger partial charge in [0.1, 0.15) is 18.8 Å². The highest BCUT2D eigenvalue weighted by Crippen LogP contribution is 2.19. The average Bonchev–Trinajstić information content (AvgIpc) is 2.63. The molecule has 3 N–H and O–H groups in total. The predicted octanol–water partition coefficient (Wildman–Crippen LogP) is -0.696. The Morgan fingerprint density at radius 3 is 2.46 bits per heavy atom. The average molecular weight is 351 g/mol. The summed E-state index contributed by atoms with van der Waals surface area (Å²) in [6, 6.07) is 7.41. The number of phenolic OH excluding ortho intramolecular Hbond substituents is 1. The summed E-state index contributed by atoms with van der Waals surface area (Å²) in [5.74, 6) is 0.310. The van der Waals surface area contributed by atoms with Gasteiger partial charge in [0.05, 0.1) is 26.3 Å². The molecule has 2 aliphatic rings. The van der Waals surface area contributed by atoms with Gasteiger partial charge in [-0.3, -0.25) is 0 Å². The first-order chi connectivity index (χ1) is 11.7. The van der Waals surface area contributed by atoms with Gasteiger partial charge in [-0.05, 0) is 36.5 Å². The molecule has 0 unspecified atom stereocenters. The molecular weight excluding hydrogens is 324 g/mol. The quantitative estimate of drug-likeness (QED) is 0.624. The lowest BCUT2D eigenvalue weighted by atomic mass is 10.2. The maximum atomic E-state index is 9.39. The molecular formula is C17H27N4O2S+. The summed E-state index contributed by atoms with van der Waals surface area (Å²) in [6.07, 6.45) is 0. The van der Waals surface area contributed by atoms with E-state index in [2.05, 4.69) is 15.1 Å². The molecule has 0 saturated carbocycles. The molecule has 2 saturated heterocycles. The second-order valence-electron chi connectivity index (χ2n) is 6.33. The highest BCUT2D eigenvalue weighted by atomic mass is 32.1. The van der Waals surface area contributed by atoms with Gasteiger partial charge in [0, 0.05) is 31.9 Å². The number of aromatic hydroxyl groups is 1. The monoisotopic (exact) mass is 351 g/mol. The van der Waals surface area contributed by atoms with Crippen molar-refractivity contribution in [2.45, 2.75) is 0 Å². The fraction of sp³-hybridized carbons (Fsp3) is 0.588. The number of benzene rings is 1. The van der Waals surface area contributed by atoms with Crippen LogP contribution in [0.1, 0.15) is 0 Å². The van der Waals surface area contributed by atoms with Gasteiger partial charge in [-0.2, -0.15) is 0 Å². The van der Waals surface area contributed by atoms with Crippen LogP contribution in [0.15, 0.2) is 24.3 Å².